The van der Waals surface area contributed by atoms with Crippen molar-refractivity contribution in [3.8, 4) is 0 Å². The van der Waals surface area contributed by atoms with E-state index in [9.17, 15) is 5.11 Å². The summed E-state index contributed by atoms with van der Waals surface area (Å²) < 4.78 is 0. The Morgan fingerprint density at radius 1 is 1.04 bits per heavy atom. The molecule has 1 fully saturated rings. The summed E-state index contributed by atoms with van der Waals surface area (Å²) in [4.78, 5) is 9.00. The number of allylic oxidation sites excluding steroid dienone is 3. The quantitative estimate of drug-likeness (QED) is 0.583. The van der Waals surface area contributed by atoms with Gasteiger partial charge >= 0.3 is 0 Å². The number of carbonyl (C=O) groups is 1. The van der Waals surface area contributed by atoms with Crippen molar-refractivity contribution in [1.82, 2.24) is 0 Å². The fourth-order valence-corrected chi connectivity index (χ4v) is 2.97. The standard InChI is InChI=1S/C10H20O.C10H18O.C2H4O2/c1-10(2,3)8-6-4-5-7-9(8)11;1-9(2)5-4-6-10(3)7-8-11;1-2(3)4/h8-9,11H,4-7H2,1-3H3;5,7,11H,4,6,8H2,1-3H3;1H3,(H,3,4). The molecule has 0 amide bonds. The molecule has 2 atom stereocenters. The zero-order valence-corrected chi connectivity index (χ0v) is 18.0. The predicted molar refractivity (Wildman–Crippen MR) is 110 cm³/mol. The molecule has 2 unspecified atom stereocenters. The van der Waals surface area contributed by atoms with Gasteiger partial charge in [0.15, 0.2) is 0 Å². The molecular weight excluding hydrogens is 328 g/mol. The van der Waals surface area contributed by atoms with Crippen LogP contribution in [0.1, 0.15) is 87.0 Å². The van der Waals surface area contributed by atoms with Gasteiger partial charge in [0.2, 0.25) is 0 Å². The van der Waals surface area contributed by atoms with Crippen LogP contribution in [-0.4, -0.2) is 34.0 Å². The van der Waals surface area contributed by atoms with Crippen LogP contribution in [-0.2, 0) is 4.79 Å². The van der Waals surface area contributed by atoms with Crippen LogP contribution in [0.2, 0.25) is 0 Å². The maximum Gasteiger partial charge on any atom is 0.300 e. The minimum absolute atomic E-state index is 0.0382. The highest BCUT2D eigenvalue weighted by molar-refractivity contribution is 5.62. The van der Waals surface area contributed by atoms with Gasteiger partial charge in [-0.15, -0.1) is 0 Å². The molecule has 26 heavy (non-hydrogen) atoms. The van der Waals surface area contributed by atoms with Crippen molar-refractivity contribution in [3.05, 3.63) is 23.3 Å². The molecular formula is C22H42O4. The number of aliphatic carboxylic acids is 1. The fraction of sp³-hybridized carbons (Fsp3) is 0.773. The predicted octanol–water partition coefficient (Wildman–Crippen LogP) is 5.35. The second-order valence-electron chi connectivity index (χ2n) is 8.40. The Balaban J connectivity index is 0. The van der Waals surface area contributed by atoms with Gasteiger partial charge in [-0.1, -0.05) is 56.9 Å². The van der Waals surface area contributed by atoms with E-state index < -0.39 is 5.97 Å². The molecule has 4 nitrogen and oxygen atoms in total. The first kappa shape index (κ1) is 27.1. The summed E-state index contributed by atoms with van der Waals surface area (Å²) in [6.07, 6.45) is 10.9. The first-order valence-electron chi connectivity index (χ1n) is 9.69. The maximum atomic E-state index is 9.70. The average Bonchev–Trinajstić information content (AvgIpc) is 2.46. The molecule has 0 saturated heterocycles. The summed E-state index contributed by atoms with van der Waals surface area (Å²) in [7, 11) is 0. The summed E-state index contributed by atoms with van der Waals surface area (Å²) in [5, 5.41) is 25.7. The Kier molecular flexibility index (Phi) is 15.6. The van der Waals surface area contributed by atoms with Crippen molar-refractivity contribution >= 4 is 5.97 Å². The van der Waals surface area contributed by atoms with Gasteiger partial charge < -0.3 is 15.3 Å². The van der Waals surface area contributed by atoms with Gasteiger partial charge in [-0.3, -0.25) is 4.79 Å². The molecule has 154 valence electrons. The van der Waals surface area contributed by atoms with Gasteiger partial charge in [-0.2, -0.15) is 0 Å². The summed E-state index contributed by atoms with van der Waals surface area (Å²) in [5.74, 6) is -0.309. The molecule has 1 aliphatic carbocycles. The van der Waals surface area contributed by atoms with E-state index in [1.165, 1.54) is 30.4 Å². The molecule has 1 aliphatic rings. The highest BCUT2D eigenvalue weighted by Crippen LogP contribution is 2.37. The number of aliphatic hydroxyl groups excluding tert-OH is 2. The molecule has 0 radical (unpaired) electrons. The van der Waals surface area contributed by atoms with E-state index in [4.69, 9.17) is 15.0 Å². The molecule has 0 aromatic rings. The van der Waals surface area contributed by atoms with Gasteiger partial charge in [-0.05, 0) is 57.8 Å². The summed E-state index contributed by atoms with van der Waals surface area (Å²) in [6.45, 7) is 14.2. The van der Waals surface area contributed by atoms with Crippen LogP contribution in [0.3, 0.4) is 0 Å². The van der Waals surface area contributed by atoms with Gasteiger partial charge in [-0.25, -0.2) is 0 Å². The lowest BCUT2D eigenvalue weighted by Crippen LogP contribution is -2.34. The molecule has 0 spiro atoms. The smallest absolute Gasteiger partial charge is 0.300 e. The number of hydrogen-bond acceptors (Lipinski definition) is 3. The van der Waals surface area contributed by atoms with E-state index in [0.29, 0.717) is 11.3 Å². The van der Waals surface area contributed by atoms with E-state index in [1.54, 1.807) is 0 Å². The van der Waals surface area contributed by atoms with Gasteiger partial charge in [0, 0.05) is 6.92 Å². The van der Waals surface area contributed by atoms with Crippen LogP contribution in [0.25, 0.3) is 0 Å². The largest absolute Gasteiger partial charge is 0.481 e. The lowest BCUT2D eigenvalue weighted by atomic mass is 9.71. The van der Waals surface area contributed by atoms with Crippen LogP contribution in [0.5, 0.6) is 0 Å². The highest BCUT2D eigenvalue weighted by atomic mass is 16.4. The number of carboxylic acid groups (broad SMARTS) is 1. The number of hydrogen-bond donors (Lipinski definition) is 3. The lowest BCUT2D eigenvalue weighted by Gasteiger charge is -2.37. The highest BCUT2D eigenvalue weighted by Gasteiger charge is 2.32. The summed E-state index contributed by atoms with van der Waals surface area (Å²) in [6, 6.07) is 0. The van der Waals surface area contributed by atoms with Gasteiger partial charge in [0.25, 0.3) is 5.97 Å². The Hall–Kier alpha value is -1.13. The monoisotopic (exact) mass is 370 g/mol. The van der Waals surface area contributed by atoms with E-state index in [1.807, 2.05) is 6.08 Å². The molecule has 0 bridgehead atoms. The minimum Gasteiger partial charge on any atom is -0.481 e. The molecule has 0 aromatic carbocycles. The van der Waals surface area contributed by atoms with E-state index in [-0.39, 0.29) is 12.7 Å². The second-order valence-corrected chi connectivity index (χ2v) is 8.40. The molecule has 3 N–H and O–H groups in total. The number of carboxylic acids is 1. The average molecular weight is 371 g/mol. The molecule has 0 aromatic heterocycles. The van der Waals surface area contributed by atoms with Crippen LogP contribution < -0.4 is 0 Å². The third-order valence-electron chi connectivity index (χ3n) is 4.37. The van der Waals surface area contributed by atoms with Crippen molar-refractivity contribution in [3.63, 3.8) is 0 Å². The Morgan fingerprint density at radius 2 is 1.54 bits per heavy atom. The van der Waals surface area contributed by atoms with Crippen LogP contribution in [0, 0.1) is 11.3 Å². The lowest BCUT2D eigenvalue weighted by molar-refractivity contribution is -0.134. The van der Waals surface area contributed by atoms with Crippen molar-refractivity contribution < 1.29 is 20.1 Å². The van der Waals surface area contributed by atoms with Crippen LogP contribution in [0.15, 0.2) is 23.3 Å². The first-order valence-corrected chi connectivity index (χ1v) is 9.69. The van der Waals surface area contributed by atoms with Crippen LogP contribution in [0.4, 0.5) is 0 Å². The molecule has 4 heteroatoms. The first-order chi connectivity index (χ1) is 11.9. The number of rotatable bonds is 4. The fourth-order valence-electron chi connectivity index (χ4n) is 2.97. The third-order valence-corrected chi connectivity index (χ3v) is 4.37. The van der Waals surface area contributed by atoms with E-state index in [0.717, 1.165) is 26.2 Å². The van der Waals surface area contributed by atoms with Crippen molar-refractivity contribution in [2.45, 2.75) is 93.1 Å². The Morgan fingerprint density at radius 3 is 1.88 bits per heavy atom. The molecule has 1 saturated carbocycles. The second kappa shape index (κ2) is 15.0. The van der Waals surface area contributed by atoms with E-state index in [2.05, 4.69) is 47.6 Å². The van der Waals surface area contributed by atoms with Crippen molar-refractivity contribution in [2.75, 3.05) is 6.61 Å². The zero-order chi connectivity index (χ0) is 20.8. The van der Waals surface area contributed by atoms with Gasteiger partial charge in [0.05, 0.1) is 12.7 Å². The number of aliphatic hydroxyl groups is 2. The normalized spacial score (nSPS) is 20.1. The summed E-state index contributed by atoms with van der Waals surface area (Å²) in [5.41, 5.74) is 2.92. The van der Waals surface area contributed by atoms with Crippen molar-refractivity contribution in [1.29, 1.82) is 0 Å². The SMILES string of the molecule is CC(=O)O.CC(C)(C)C1CCCCC1O.CC(C)=CCCC(C)=CCO. The zero-order valence-electron chi connectivity index (χ0n) is 18.0. The summed E-state index contributed by atoms with van der Waals surface area (Å²) >= 11 is 0. The topological polar surface area (TPSA) is 77.8 Å². The minimum atomic E-state index is -0.833. The molecule has 0 aliphatic heterocycles. The van der Waals surface area contributed by atoms with Gasteiger partial charge in [0.1, 0.15) is 0 Å². The maximum absolute atomic E-state index is 9.70. The Labute approximate surface area is 161 Å². The molecule has 0 heterocycles. The van der Waals surface area contributed by atoms with Crippen LogP contribution >= 0.6 is 0 Å². The van der Waals surface area contributed by atoms with Crippen molar-refractivity contribution in [2.24, 2.45) is 11.3 Å². The third kappa shape index (κ3) is 17.7. The Bertz CT molecular complexity index is 422. The van der Waals surface area contributed by atoms with E-state index >= 15 is 0 Å². The molecule has 1 rings (SSSR count).